The van der Waals surface area contributed by atoms with E-state index in [1.807, 2.05) is 59.2 Å². The van der Waals surface area contributed by atoms with Crippen LogP contribution in [0.1, 0.15) is 24.8 Å². The van der Waals surface area contributed by atoms with Crippen LogP contribution >= 0.6 is 0 Å². The number of hydrogen-bond donors (Lipinski definition) is 2. The minimum atomic E-state index is -0.224. The van der Waals surface area contributed by atoms with Gasteiger partial charge < -0.3 is 19.8 Å². The molecule has 1 saturated heterocycles. The standard InChI is InChI=1S/C29H31FN6O/c30-22-12-10-21(11-13-22)20-36-27-9-4-1-6-24(27)32-28(36)31-23-14-18-34(19-15-23)16-5-17-35-26-8-3-2-7-25(26)33-29(35)37/h1-4,6-13,23H,5,14-20H2,(H,31,32)(H,33,37). The summed E-state index contributed by atoms with van der Waals surface area (Å²) < 4.78 is 17.4. The summed E-state index contributed by atoms with van der Waals surface area (Å²) in [6.45, 7) is 4.35. The molecular formula is C29H31FN6O. The van der Waals surface area contributed by atoms with E-state index in [4.69, 9.17) is 4.98 Å². The molecule has 0 amide bonds. The number of H-pyrrole nitrogens is 1. The van der Waals surface area contributed by atoms with Gasteiger partial charge in [0.05, 0.1) is 28.6 Å². The smallest absolute Gasteiger partial charge is 0.326 e. The van der Waals surface area contributed by atoms with E-state index in [0.29, 0.717) is 19.1 Å². The van der Waals surface area contributed by atoms with Crippen molar-refractivity contribution >= 4 is 28.0 Å². The van der Waals surface area contributed by atoms with Gasteiger partial charge in [-0.15, -0.1) is 0 Å². The fourth-order valence-corrected chi connectivity index (χ4v) is 5.38. The second-order valence-corrected chi connectivity index (χ2v) is 9.85. The number of piperidine rings is 1. The van der Waals surface area contributed by atoms with Crippen LogP contribution in [-0.2, 0) is 13.1 Å². The minimum Gasteiger partial charge on any atom is -0.353 e. The molecule has 3 aromatic carbocycles. The maximum Gasteiger partial charge on any atom is 0.326 e. The molecule has 1 aliphatic heterocycles. The summed E-state index contributed by atoms with van der Waals surface area (Å²) in [6.07, 6.45) is 3.01. The van der Waals surface area contributed by atoms with Gasteiger partial charge in [0.25, 0.3) is 0 Å². The fourth-order valence-electron chi connectivity index (χ4n) is 5.38. The van der Waals surface area contributed by atoms with Crippen LogP contribution in [0.4, 0.5) is 10.3 Å². The van der Waals surface area contributed by atoms with E-state index in [0.717, 1.165) is 72.5 Å². The van der Waals surface area contributed by atoms with Crippen molar-refractivity contribution in [2.24, 2.45) is 0 Å². The Bertz CT molecular complexity index is 1560. The lowest BCUT2D eigenvalue weighted by atomic mass is 10.1. The summed E-state index contributed by atoms with van der Waals surface area (Å²) in [6, 6.07) is 23.0. The monoisotopic (exact) mass is 498 g/mol. The number of aromatic nitrogens is 4. The third kappa shape index (κ3) is 5.02. The second-order valence-electron chi connectivity index (χ2n) is 9.85. The highest BCUT2D eigenvalue weighted by Crippen LogP contribution is 2.24. The molecule has 0 aliphatic carbocycles. The van der Waals surface area contributed by atoms with E-state index < -0.39 is 0 Å². The fraction of sp³-hybridized carbons (Fsp3) is 0.310. The molecule has 1 fully saturated rings. The molecule has 3 heterocycles. The van der Waals surface area contributed by atoms with E-state index in [9.17, 15) is 9.18 Å². The van der Waals surface area contributed by atoms with Crippen molar-refractivity contribution in [1.82, 2.24) is 24.0 Å². The Morgan fingerprint density at radius 1 is 0.892 bits per heavy atom. The van der Waals surface area contributed by atoms with Gasteiger partial charge in [0.1, 0.15) is 5.82 Å². The van der Waals surface area contributed by atoms with Crippen molar-refractivity contribution in [1.29, 1.82) is 0 Å². The molecule has 7 nitrogen and oxygen atoms in total. The summed E-state index contributed by atoms with van der Waals surface area (Å²) in [7, 11) is 0. The molecule has 2 N–H and O–H groups in total. The normalized spacial score (nSPS) is 15.1. The van der Waals surface area contributed by atoms with Gasteiger partial charge >= 0.3 is 5.69 Å². The van der Waals surface area contributed by atoms with Crippen LogP contribution < -0.4 is 11.0 Å². The number of para-hydroxylation sites is 4. The first kappa shape index (κ1) is 23.5. The van der Waals surface area contributed by atoms with E-state index in [2.05, 4.69) is 25.8 Å². The number of likely N-dealkylation sites (tertiary alicyclic amines) is 1. The number of nitrogens with one attached hydrogen (secondary N) is 2. The molecule has 1 aliphatic rings. The molecule has 8 heteroatoms. The summed E-state index contributed by atoms with van der Waals surface area (Å²) in [4.78, 5) is 22.6. The van der Waals surface area contributed by atoms with Crippen LogP contribution in [0.3, 0.4) is 0 Å². The van der Waals surface area contributed by atoms with Crippen LogP contribution in [0.5, 0.6) is 0 Å². The molecule has 0 spiro atoms. The van der Waals surface area contributed by atoms with E-state index in [-0.39, 0.29) is 11.5 Å². The molecule has 0 bridgehead atoms. The van der Waals surface area contributed by atoms with Gasteiger partial charge in [0.15, 0.2) is 0 Å². The maximum absolute atomic E-state index is 13.4. The lowest BCUT2D eigenvalue weighted by Gasteiger charge is -2.32. The lowest BCUT2D eigenvalue weighted by molar-refractivity contribution is 0.213. The van der Waals surface area contributed by atoms with Crippen molar-refractivity contribution < 1.29 is 4.39 Å². The molecule has 0 unspecified atom stereocenters. The highest BCUT2D eigenvalue weighted by Gasteiger charge is 2.21. The van der Waals surface area contributed by atoms with Gasteiger partial charge in [0.2, 0.25) is 5.95 Å². The molecule has 190 valence electrons. The molecule has 6 rings (SSSR count). The molecule has 37 heavy (non-hydrogen) atoms. The Hall–Kier alpha value is -3.91. The van der Waals surface area contributed by atoms with E-state index >= 15 is 0 Å². The van der Waals surface area contributed by atoms with Gasteiger partial charge in [-0.2, -0.15) is 0 Å². The number of anilines is 1. The van der Waals surface area contributed by atoms with Crippen LogP contribution in [-0.4, -0.2) is 49.7 Å². The predicted octanol–water partition coefficient (Wildman–Crippen LogP) is 4.83. The average molecular weight is 499 g/mol. The SMILES string of the molecule is O=c1[nH]c2ccccc2n1CCCN1CCC(Nc2nc3ccccc3n2Cc2ccc(F)cc2)CC1. The number of fused-ring (bicyclic) bond motifs is 2. The van der Waals surface area contributed by atoms with Gasteiger partial charge in [-0.05, 0) is 67.8 Å². The van der Waals surface area contributed by atoms with Gasteiger partial charge in [-0.1, -0.05) is 36.4 Å². The zero-order chi connectivity index (χ0) is 25.2. The van der Waals surface area contributed by atoms with Gasteiger partial charge in [-0.3, -0.25) is 4.57 Å². The zero-order valence-electron chi connectivity index (χ0n) is 20.7. The number of benzene rings is 3. The second kappa shape index (κ2) is 10.2. The Morgan fingerprint density at radius 2 is 1.62 bits per heavy atom. The van der Waals surface area contributed by atoms with Crippen LogP contribution in [0, 0.1) is 5.82 Å². The Kier molecular flexibility index (Phi) is 6.49. The first-order valence-corrected chi connectivity index (χ1v) is 13.0. The summed E-state index contributed by atoms with van der Waals surface area (Å²) in [5.41, 5.74) is 4.89. The van der Waals surface area contributed by atoms with Crippen molar-refractivity contribution in [3.8, 4) is 0 Å². The third-order valence-corrected chi connectivity index (χ3v) is 7.37. The van der Waals surface area contributed by atoms with E-state index in [1.165, 1.54) is 12.1 Å². The molecule has 2 aromatic heterocycles. The average Bonchev–Trinajstić information content (AvgIpc) is 3.42. The molecular weight excluding hydrogens is 467 g/mol. The van der Waals surface area contributed by atoms with E-state index in [1.54, 1.807) is 0 Å². The Labute approximate surface area is 214 Å². The van der Waals surface area contributed by atoms with Gasteiger partial charge in [0, 0.05) is 25.7 Å². The van der Waals surface area contributed by atoms with Crippen molar-refractivity contribution in [3.63, 3.8) is 0 Å². The number of aromatic amines is 1. The number of imidazole rings is 2. The zero-order valence-corrected chi connectivity index (χ0v) is 20.7. The van der Waals surface area contributed by atoms with Crippen molar-refractivity contribution in [2.45, 2.75) is 38.4 Å². The van der Waals surface area contributed by atoms with Gasteiger partial charge in [-0.25, -0.2) is 14.2 Å². The number of aryl methyl sites for hydroxylation is 1. The largest absolute Gasteiger partial charge is 0.353 e. The van der Waals surface area contributed by atoms with Crippen LogP contribution in [0.25, 0.3) is 22.1 Å². The van der Waals surface area contributed by atoms with Crippen molar-refractivity contribution in [3.05, 3.63) is 94.7 Å². The molecule has 5 aromatic rings. The highest BCUT2D eigenvalue weighted by atomic mass is 19.1. The number of rotatable bonds is 8. The van der Waals surface area contributed by atoms with Crippen LogP contribution in [0.2, 0.25) is 0 Å². The van der Waals surface area contributed by atoms with Crippen LogP contribution in [0.15, 0.2) is 77.6 Å². The summed E-state index contributed by atoms with van der Waals surface area (Å²) in [5, 5.41) is 3.70. The summed E-state index contributed by atoms with van der Waals surface area (Å²) >= 11 is 0. The first-order valence-electron chi connectivity index (χ1n) is 13.0. The molecule has 0 radical (unpaired) electrons. The summed E-state index contributed by atoms with van der Waals surface area (Å²) in [5.74, 6) is 0.639. The Morgan fingerprint density at radius 3 is 2.43 bits per heavy atom. The number of halogens is 1. The first-order chi connectivity index (χ1) is 18.1. The minimum absolute atomic E-state index is 0.0346. The topological polar surface area (TPSA) is 70.9 Å². The number of hydrogen-bond acceptors (Lipinski definition) is 4. The highest BCUT2D eigenvalue weighted by molar-refractivity contribution is 5.79. The maximum atomic E-state index is 13.4. The van der Waals surface area contributed by atoms with Crippen molar-refractivity contribution in [2.75, 3.05) is 25.0 Å². The molecule has 0 atom stereocenters. The number of nitrogens with zero attached hydrogens (tertiary/aromatic N) is 4. The Balaban J connectivity index is 1.07. The lowest BCUT2D eigenvalue weighted by Crippen LogP contribution is -2.40. The predicted molar refractivity (Wildman–Crippen MR) is 145 cm³/mol. The molecule has 0 saturated carbocycles. The quantitative estimate of drug-likeness (QED) is 0.321. The third-order valence-electron chi connectivity index (χ3n) is 7.37.